The molecule has 2 rings (SSSR count). The van der Waals surface area contributed by atoms with Gasteiger partial charge in [-0.2, -0.15) is 15.0 Å². The maximum absolute atomic E-state index is 6.06. The molecule has 8 heteroatoms. The van der Waals surface area contributed by atoms with Crippen LogP contribution in [0.15, 0.2) is 18.2 Å². The monoisotopic (exact) mass is 300 g/mol. The standard InChI is InChI=1S/C11H10Cl2N4O2/c1-18-6-3-4-7(12)8(5-6)14-10-15-9(13)16-11(17-10)19-2/h3-5H,1-2H3,(H,14,15,16,17). The largest absolute Gasteiger partial charge is 0.497 e. The number of anilines is 2. The molecule has 0 fully saturated rings. The number of nitrogens with one attached hydrogen (secondary N) is 1. The predicted octanol–water partition coefficient (Wildman–Crippen LogP) is 2.94. The van der Waals surface area contributed by atoms with Crippen LogP contribution in [0.25, 0.3) is 0 Å². The molecule has 19 heavy (non-hydrogen) atoms. The van der Waals surface area contributed by atoms with Crippen molar-refractivity contribution in [3.8, 4) is 11.8 Å². The topological polar surface area (TPSA) is 69.2 Å². The number of ether oxygens (including phenoxy) is 2. The Morgan fingerprint density at radius 3 is 2.53 bits per heavy atom. The lowest BCUT2D eigenvalue weighted by Crippen LogP contribution is -2.02. The van der Waals surface area contributed by atoms with E-state index in [1.54, 1.807) is 25.3 Å². The Labute approximate surface area is 119 Å². The van der Waals surface area contributed by atoms with Crippen molar-refractivity contribution in [1.82, 2.24) is 15.0 Å². The SMILES string of the molecule is COc1ccc(Cl)c(Nc2nc(Cl)nc(OC)n2)c1. The second kappa shape index (κ2) is 5.90. The number of hydrogen-bond donors (Lipinski definition) is 1. The van der Waals surface area contributed by atoms with Gasteiger partial charge in [0.05, 0.1) is 24.9 Å². The van der Waals surface area contributed by atoms with Gasteiger partial charge < -0.3 is 14.8 Å². The van der Waals surface area contributed by atoms with Gasteiger partial charge in [0.25, 0.3) is 0 Å². The minimum Gasteiger partial charge on any atom is -0.497 e. The molecule has 6 nitrogen and oxygen atoms in total. The molecule has 0 aliphatic carbocycles. The first-order chi connectivity index (χ1) is 9.12. The number of rotatable bonds is 4. The van der Waals surface area contributed by atoms with Crippen LogP contribution in [0.3, 0.4) is 0 Å². The molecule has 1 N–H and O–H groups in total. The Morgan fingerprint density at radius 2 is 1.84 bits per heavy atom. The number of nitrogens with zero attached hydrogens (tertiary/aromatic N) is 3. The number of methoxy groups -OCH3 is 2. The van der Waals surface area contributed by atoms with Crippen molar-refractivity contribution in [2.24, 2.45) is 0 Å². The Kier molecular flexibility index (Phi) is 4.24. The van der Waals surface area contributed by atoms with Gasteiger partial charge in [-0.3, -0.25) is 0 Å². The van der Waals surface area contributed by atoms with E-state index in [-0.39, 0.29) is 17.2 Å². The summed E-state index contributed by atoms with van der Waals surface area (Å²) >= 11 is 11.8. The van der Waals surface area contributed by atoms with Crippen LogP contribution in [0.2, 0.25) is 10.3 Å². The minimum atomic E-state index is 0.0216. The van der Waals surface area contributed by atoms with Crippen molar-refractivity contribution < 1.29 is 9.47 Å². The van der Waals surface area contributed by atoms with Crippen LogP contribution >= 0.6 is 23.2 Å². The fraction of sp³-hybridized carbons (Fsp3) is 0.182. The average Bonchev–Trinajstić information content (AvgIpc) is 2.40. The maximum atomic E-state index is 6.06. The normalized spacial score (nSPS) is 10.1. The zero-order chi connectivity index (χ0) is 13.8. The Bertz CT molecular complexity index is 595. The third kappa shape index (κ3) is 3.36. The van der Waals surface area contributed by atoms with Gasteiger partial charge in [-0.15, -0.1) is 0 Å². The van der Waals surface area contributed by atoms with E-state index in [9.17, 15) is 0 Å². The van der Waals surface area contributed by atoms with E-state index in [0.29, 0.717) is 16.5 Å². The van der Waals surface area contributed by atoms with E-state index in [2.05, 4.69) is 20.3 Å². The molecule has 0 atom stereocenters. The Hall–Kier alpha value is -1.79. The molecule has 0 radical (unpaired) electrons. The molecular weight excluding hydrogens is 291 g/mol. The van der Waals surface area contributed by atoms with Crippen molar-refractivity contribution >= 4 is 34.8 Å². The molecule has 0 saturated carbocycles. The number of halogens is 2. The predicted molar refractivity (Wildman–Crippen MR) is 72.7 cm³/mol. The molecule has 0 saturated heterocycles. The Morgan fingerprint density at radius 1 is 1.05 bits per heavy atom. The van der Waals surface area contributed by atoms with Crippen LogP contribution in [0.4, 0.5) is 11.6 Å². The average molecular weight is 301 g/mol. The van der Waals surface area contributed by atoms with Gasteiger partial charge in [-0.1, -0.05) is 11.6 Å². The molecule has 2 aromatic rings. The van der Waals surface area contributed by atoms with Crippen LogP contribution in [0.5, 0.6) is 11.8 Å². The summed E-state index contributed by atoms with van der Waals surface area (Å²) in [6.07, 6.45) is 0. The molecular formula is C11H10Cl2N4O2. The van der Waals surface area contributed by atoms with Gasteiger partial charge in [0, 0.05) is 6.07 Å². The molecule has 0 aliphatic heterocycles. The van der Waals surface area contributed by atoms with Gasteiger partial charge in [-0.25, -0.2) is 0 Å². The second-order valence-electron chi connectivity index (χ2n) is 3.39. The van der Waals surface area contributed by atoms with E-state index in [0.717, 1.165) is 0 Å². The highest BCUT2D eigenvalue weighted by Gasteiger charge is 2.08. The van der Waals surface area contributed by atoms with Gasteiger partial charge in [0.1, 0.15) is 5.75 Å². The van der Waals surface area contributed by atoms with Crippen molar-refractivity contribution in [3.05, 3.63) is 28.5 Å². The summed E-state index contributed by atoms with van der Waals surface area (Å²) in [6, 6.07) is 5.27. The van der Waals surface area contributed by atoms with Crippen molar-refractivity contribution in [2.75, 3.05) is 19.5 Å². The van der Waals surface area contributed by atoms with E-state index in [1.807, 2.05) is 0 Å². The molecule has 1 aromatic heterocycles. The zero-order valence-electron chi connectivity index (χ0n) is 10.1. The van der Waals surface area contributed by atoms with Crippen molar-refractivity contribution in [1.29, 1.82) is 0 Å². The maximum Gasteiger partial charge on any atom is 0.322 e. The molecule has 1 heterocycles. The molecule has 0 aliphatic rings. The third-order valence-electron chi connectivity index (χ3n) is 2.19. The highest BCUT2D eigenvalue weighted by molar-refractivity contribution is 6.33. The van der Waals surface area contributed by atoms with E-state index >= 15 is 0 Å². The molecule has 0 spiro atoms. The molecule has 0 unspecified atom stereocenters. The summed E-state index contributed by atoms with van der Waals surface area (Å²) in [4.78, 5) is 11.7. The third-order valence-corrected chi connectivity index (χ3v) is 2.69. The summed E-state index contributed by atoms with van der Waals surface area (Å²) in [7, 11) is 3.00. The summed E-state index contributed by atoms with van der Waals surface area (Å²) in [6.45, 7) is 0. The van der Waals surface area contributed by atoms with Crippen LogP contribution < -0.4 is 14.8 Å². The fourth-order valence-electron chi connectivity index (χ4n) is 1.33. The van der Waals surface area contributed by atoms with Gasteiger partial charge >= 0.3 is 6.01 Å². The van der Waals surface area contributed by atoms with Crippen LogP contribution in [0.1, 0.15) is 0 Å². The lowest BCUT2D eigenvalue weighted by Gasteiger charge is -2.09. The second-order valence-corrected chi connectivity index (χ2v) is 4.13. The van der Waals surface area contributed by atoms with Gasteiger partial charge in [0.2, 0.25) is 11.2 Å². The smallest absolute Gasteiger partial charge is 0.322 e. The molecule has 100 valence electrons. The van der Waals surface area contributed by atoms with E-state index in [4.69, 9.17) is 32.7 Å². The highest BCUT2D eigenvalue weighted by Crippen LogP contribution is 2.28. The highest BCUT2D eigenvalue weighted by atomic mass is 35.5. The summed E-state index contributed by atoms with van der Waals surface area (Å²) < 4.78 is 10.0. The van der Waals surface area contributed by atoms with E-state index in [1.165, 1.54) is 7.11 Å². The van der Waals surface area contributed by atoms with Gasteiger partial charge in [-0.05, 0) is 23.7 Å². The molecule has 1 aromatic carbocycles. The summed E-state index contributed by atoms with van der Waals surface area (Å²) in [5, 5.41) is 3.44. The van der Waals surface area contributed by atoms with E-state index < -0.39 is 0 Å². The van der Waals surface area contributed by atoms with Crippen LogP contribution in [-0.4, -0.2) is 29.2 Å². The minimum absolute atomic E-state index is 0.0216. The number of benzene rings is 1. The summed E-state index contributed by atoms with van der Waals surface area (Å²) in [5.41, 5.74) is 0.588. The lowest BCUT2D eigenvalue weighted by atomic mass is 10.3. The molecule has 0 amide bonds. The first-order valence-corrected chi connectivity index (χ1v) is 5.94. The number of aromatic nitrogens is 3. The number of hydrogen-bond acceptors (Lipinski definition) is 6. The summed E-state index contributed by atoms with van der Waals surface area (Å²) in [5.74, 6) is 0.881. The first kappa shape index (κ1) is 13.6. The molecule has 0 bridgehead atoms. The van der Waals surface area contributed by atoms with Crippen molar-refractivity contribution in [3.63, 3.8) is 0 Å². The van der Waals surface area contributed by atoms with Gasteiger partial charge in [0.15, 0.2) is 0 Å². The Balaban J connectivity index is 2.32. The fourth-order valence-corrected chi connectivity index (χ4v) is 1.64. The quantitative estimate of drug-likeness (QED) is 0.936. The van der Waals surface area contributed by atoms with Crippen LogP contribution in [0, 0.1) is 0 Å². The van der Waals surface area contributed by atoms with Crippen molar-refractivity contribution in [2.45, 2.75) is 0 Å². The first-order valence-electron chi connectivity index (χ1n) is 5.18. The lowest BCUT2D eigenvalue weighted by molar-refractivity contribution is 0.379. The van der Waals surface area contributed by atoms with Crippen LogP contribution in [-0.2, 0) is 0 Å². The zero-order valence-corrected chi connectivity index (χ0v) is 11.7.